The number of aryl methyl sites for hydroxylation is 3. The molecule has 2 N–H and O–H groups in total. The van der Waals surface area contributed by atoms with Crippen LogP contribution in [0.1, 0.15) is 35.5 Å². The van der Waals surface area contributed by atoms with Gasteiger partial charge < -0.3 is 5.32 Å². The predicted octanol–water partition coefficient (Wildman–Crippen LogP) is 1.27. The summed E-state index contributed by atoms with van der Waals surface area (Å²) in [4.78, 5) is 16.1. The van der Waals surface area contributed by atoms with E-state index in [0.717, 1.165) is 42.2 Å². The first-order chi connectivity index (χ1) is 10.6. The van der Waals surface area contributed by atoms with Gasteiger partial charge in [-0.05, 0) is 38.3 Å². The Bertz CT molecular complexity index is 774. The van der Waals surface area contributed by atoms with Crippen molar-refractivity contribution in [2.24, 2.45) is 0 Å². The minimum absolute atomic E-state index is 0.140. The summed E-state index contributed by atoms with van der Waals surface area (Å²) in [5.41, 5.74) is 2.16. The average molecular weight is 298 g/mol. The molecule has 1 aliphatic rings. The largest absolute Gasteiger partial charge is 0.367 e. The van der Waals surface area contributed by atoms with Crippen molar-refractivity contribution in [1.82, 2.24) is 19.7 Å². The molecule has 7 nitrogen and oxygen atoms in total. The standard InChI is InChI=1S/C15H18N6O/c1-9-7-13(17-10(2)12(9)8-16)18-11-3-4-14-19-20-15(22)21(14)6-5-11/h7,11H,3-6H2,1-2H3,(H,17,18)(H,20,22). The van der Waals surface area contributed by atoms with Gasteiger partial charge in [0.05, 0.1) is 11.3 Å². The van der Waals surface area contributed by atoms with Crippen molar-refractivity contribution in [3.63, 3.8) is 0 Å². The number of aromatic amines is 1. The molecule has 0 bridgehead atoms. The van der Waals surface area contributed by atoms with Gasteiger partial charge in [0.1, 0.15) is 17.7 Å². The molecule has 114 valence electrons. The molecule has 0 aliphatic carbocycles. The normalized spacial score (nSPS) is 17.4. The van der Waals surface area contributed by atoms with E-state index in [1.807, 2.05) is 19.9 Å². The molecule has 22 heavy (non-hydrogen) atoms. The van der Waals surface area contributed by atoms with Crippen molar-refractivity contribution in [3.05, 3.63) is 39.2 Å². The number of pyridine rings is 1. The van der Waals surface area contributed by atoms with Gasteiger partial charge in [0, 0.05) is 19.0 Å². The van der Waals surface area contributed by atoms with Crippen LogP contribution in [0.5, 0.6) is 0 Å². The number of hydrogen-bond donors (Lipinski definition) is 2. The summed E-state index contributed by atoms with van der Waals surface area (Å²) in [6, 6.07) is 4.32. The molecule has 3 heterocycles. The highest BCUT2D eigenvalue weighted by Crippen LogP contribution is 2.19. The number of anilines is 1. The van der Waals surface area contributed by atoms with E-state index in [0.29, 0.717) is 12.1 Å². The molecular formula is C15H18N6O. The Morgan fingerprint density at radius 1 is 1.45 bits per heavy atom. The van der Waals surface area contributed by atoms with E-state index < -0.39 is 0 Å². The van der Waals surface area contributed by atoms with E-state index >= 15 is 0 Å². The minimum Gasteiger partial charge on any atom is -0.367 e. The van der Waals surface area contributed by atoms with Crippen molar-refractivity contribution in [2.75, 3.05) is 5.32 Å². The summed E-state index contributed by atoms with van der Waals surface area (Å²) in [7, 11) is 0. The smallest absolute Gasteiger partial charge is 0.343 e. The van der Waals surface area contributed by atoms with E-state index in [9.17, 15) is 4.79 Å². The van der Waals surface area contributed by atoms with Gasteiger partial charge in [0.15, 0.2) is 0 Å². The van der Waals surface area contributed by atoms with Crippen molar-refractivity contribution >= 4 is 5.82 Å². The van der Waals surface area contributed by atoms with Crippen LogP contribution in [0, 0.1) is 25.2 Å². The third kappa shape index (κ3) is 2.60. The molecule has 2 aromatic heterocycles. The summed E-state index contributed by atoms with van der Waals surface area (Å²) in [5.74, 6) is 1.60. The van der Waals surface area contributed by atoms with Gasteiger partial charge >= 0.3 is 5.69 Å². The van der Waals surface area contributed by atoms with E-state index in [2.05, 4.69) is 26.6 Å². The van der Waals surface area contributed by atoms with Crippen LogP contribution in [0.3, 0.4) is 0 Å². The first-order valence-electron chi connectivity index (χ1n) is 7.37. The molecule has 0 saturated heterocycles. The van der Waals surface area contributed by atoms with Crippen LogP contribution in [0.25, 0.3) is 0 Å². The van der Waals surface area contributed by atoms with Crippen LogP contribution in [-0.4, -0.2) is 25.8 Å². The maximum Gasteiger partial charge on any atom is 0.343 e. The second kappa shape index (κ2) is 5.64. The summed E-state index contributed by atoms with van der Waals surface area (Å²) in [6.45, 7) is 4.41. The second-order valence-corrected chi connectivity index (χ2v) is 5.66. The van der Waals surface area contributed by atoms with E-state index in [4.69, 9.17) is 5.26 Å². The second-order valence-electron chi connectivity index (χ2n) is 5.66. The Morgan fingerprint density at radius 2 is 2.27 bits per heavy atom. The van der Waals surface area contributed by atoms with Crippen LogP contribution in [0.2, 0.25) is 0 Å². The molecule has 0 saturated carbocycles. The van der Waals surface area contributed by atoms with Gasteiger partial charge in [0.25, 0.3) is 0 Å². The lowest BCUT2D eigenvalue weighted by atomic mass is 10.1. The maximum atomic E-state index is 11.6. The van der Waals surface area contributed by atoms with Crippen molar-refractivity contribution in [1.29, 1.82) is 5.26 Å². The molecule has 0 radical (unpaired) electrons. The number of fused-ring (bicyclic) bond motifs is 1. The SMILES string of the molecule is Cc1cc(NC2CCc3n[nH]c(=O)n3CC2)nc(C)c1C#N. The molecule has 0 fully saturated rings. The lowest BCUT2D eigenvalue weighted by Crippen LogP contribution is -2.23. The van der Waals surface area contributed by atoms with Crippen LogP contribution in [-0.2, 0) is 13.0 Å². The number of nitrogens with zero attached hydrogens (tertiary/aromatic N) is 4. The van der Waals surface area contributed by atoms with Crippen molar-refractivity contribution in [3.8, 4) is 6.07 Å². The Labute approximate surface area is 128 Å². The van der Waals surface area contributed by atoms with Gasteiger partial charge in [0.2, 0.25) is 0 Å². The van der Waals surface area contributed by atoms with Crippen LogP contribution in [0.4, 0.5) is 5.82 Å². The Balaban J connectivity index is 1.75. The molecular weight excluding hydrogens is 280 g/mol. The summed E-state index contributed by atoms with van der Waals surface area (Å²) in [6.07, 6.45) is 2.49. The third-order valence-corrected chi connectivity index (χ3v) is 4.12. The van der Waals surface area contributed by atoms with Gasteiger partial charge in [-0.1, -0.05) is 0 Å². The molecule has 7 heteroatoms. The van der Waals surface area contributed by atoms with Crippen molar-refractivity contribution in [2.45, 2.75) is 45.7 Å². The number of nitriles is 1. The quantitative estimate of drug-likeness (QED) is 0.870. The van der Waals surface area contributed by atoms with Crippen LogP contribution >= 0.6 is 0 Å². The Hall–Kier alpha value is -2.62. The highest BCUT2D eigenvalue weighted by atomic mass is 16.1. The van der Waals surface area contributed by atoms with E-state index in [-0.39, 0.29) is 11.7 Å². The topological polar surface area (TPSA) is 99.4 Å². The van der Waals surface area contributed by atoms with Gasteiger partial charge in [-0.25, -0.2) is 14.9 Å². The predicted molar refractivity (Wildman–Crippen MR) is 81.6 cm³/mol. The molecule has 0 aromatic carbocycles. The molecule has 0 amide bonds. The third-order valence-electron chi connectivity index (χ3n) is 4.12. The van der Waals surface area contributed by atoms with Crippen molar-refractivity contribution < 1.29 is 0 Å². The number of rotatable bonds is 2. The highest BCUT2D eigenvalue weighted by Gasteiger charge is 2.19. The highest BCUT2D eigenvalue weighted by molar-refractivity contribution is 5.49. The molecule has 0 spiro atoms. The molecule has 1 aliphatic heterocycles. The number of H-pyrrole nitrogens is 1. The zero-order valence-corrected chi connectivity index (χ0v) is 12.7. The zero-order chi connectivity index (χ0) is 15.7. The first-order valence-corrected chi connectivity index (χ1v) is 7.37. The average Bonchev–Trinajstić information content (AvgIpc) is 2.69. The maximum absolute atomic E-state index is 11.6. The van der Waals surface area contributed by atoms with Crippen LogP contribution in [0.15, 0.2) is 10.9 Å². The summed E-state index contributed by atoms with van der Waals surface area (Å²) in [5, 5.41) is 19.1. The van der Waals surface area contributed by atoms with Gasteiger partial charge in [-0.15, -0.1) is 0 Å². The lowest BCUT2D eigenvalue weighted by Gasteiger charge is -2.17. The Morgan fingerprint density at radius 3 is 3.00 bits per heavy atom. The number of aromatic nitrogens is 4. The van der Waals surface area contributed by atoms with Crippen LogP contribution < -0.4 is 11.0 Å². The number of nitrogens with one attached hydrogen (secondary N) is 2. The zero-order valence-electron chi connectivity index (χ0n) is 12.7. The first kappa shape index (κ1) is 14.3. The fourth-order valence-electron chi connectivity index (χ4n) is 2.93. The molecule has 1 unspecified atom stereocenters. The summed E-state index contributed by atoms with van der Waals surface area (Å²) >= 11 is 0. The molecule has 2 aromatic rings. The molecule has 1 atom stereocenters. The van der Waals surface area contributed by atoms with Gasteiger partial charge in [-0.2, -0.15) is 10.4 Å². The molecule has 3 rings (SSSR count). The summed E-state index contributed by atoms with van der Waals surface area (Å²) < 4.78 is 1.70. The Kier molecular flexibility index (Phi) is 3.67. The lowest BCUT2D eigenvalue weighted by molar-refractivity contribution is 0.571. The minimum atomic E-state index is -0.140. The number of hydrogen-bond acceptors (Lipinski definition) is 5. The fourth-order valence-corrected chi connectivity index (χ4v) is 2.93. The van der Waals surface area contributed by atoms with E-state index in [1.165, 1.54) is 0 Å². The van der Waals surface area contributed by atoms with Gasteiger partial charge in [-0.3, -0.25) is 4.57 Å². The fraction of sp³-hybridized carbons (Fsp3) is 0.467. The monoisotopic (exact) mass is 298 g/mol. The van der Waals surface area contributed by atoms with E-state index in [1.54, 1.807) is 4.57 Å².